The summed E-state index contributed by atoms with van der Waals surface area (Å²) < 4.78 is 5.25. The lowest BCUT2D eigenvalue weighted by Crippen LogP contribution is -2.29. The summed E-state index contributed by atoms with van der Waals surface area (Å²) in [5.41, 5.74) is 1.20. The molecule has 1 aromatic rings. The molecule has 80 valence electrons. The molecule has 3 heteroatoms. The standard InChI is InChI=1S/C11H18O2S/c1-3-4-11(13-2)10(12)7-9-5-6-14-8-9/h5-6,8,10-12H,3-4,7H2,1-2H3. The smallest absolute Gasteiger partial charge is 0.0842 e. The molecule has 0 amide bonds. The molecular formula is C11H18O2S. The highest BCUT2D eigenvalue weighted by Crippen LogP contribution is 2.14. The first kappa shape index (κ1) is 11.7. The number of ether oxygens (including phenoxy) is 1. The van der Waals surface area contributed by atoms with Gasteiger partial charge in [-0.05, 0) is 28.8 Å². The number of rotatable bonds is 6. The summed E-state index contributed by atoms with van der Waals surface area (Å²) >= 11 is 1.66. The molecule has 0 spiro atoms. The van der Waals surface area contributed by atoms with Crippen LogP contribution in [0.5, 0.6) is 0 Å². The zero-order valence-electron chi connectivity index (χ0n) is 8.77. The van der Waals surface area contributed by atoms with Crippen molar-refractivity contribution in [2.24, 2.45) is 0 Å². The number of aliphatic hydroxyl groups is 1. The summed E-state index contributed by atoms with van der Waals surface area (Å²) in [6.07, 6.45) is 2.25. The average molecular weight is 214 g/mol. The number of aliphatic hydroxyl groups excluding tert-OH is 1. The molecule has 2 unspecified atom stereocenters. The Labute approximate surface area is 89.5 Å². The summed E-state index contributed by atoms with van der Waals surface area (Å²) in [6.45, 7) is 2.10. The van der Waals surface area contributed by atoms with E-state index in [1.54, 1.807) is 18.4 Å². The van der Waals surface area contributed by atoms with Crippen LogP contribution in [0.25, 0.3) is 0 Å². The summed E-state index contributed by atoms with van der Waals surface area (Å²) in [4.78, 5) is 0. The summed E-state index contributed by atoms with van der Waals surface area (Å²) in [7, 11) is 1.66. The maximum Gasteiger partial charge on any atom is 0.0842 e. The largest absolute Gasteiger partial charge is 0.390 e. The first-order valence-corrected chi connectivity index (χ1v) is 5.94. The Morgan fingerprint density at radius 1 is 1.57 bits per heavy atom. The number of hydrogen-bond donors (Lipinski definition) is 1. The number of hydrogen-bond acceptors (Lipinski definition) is 3. The molecule has 1 rings (SSSR count). The minimum absolute atomic E-state index is 0.0279. The fourth-order valence-electron chi connectivity index (χ4n) is 1.53. The van der Waals surface area contributed by atoms with Crippen LogP contribution >= 0.6 is 11.3 Å². The third-order valence-corrected chi connectivity index (χ3v) is 3.06. The predicted molar refractivity (Wildman–Crippen MR) is 59.7 cm³/mol. The van der Waals surface area contributed by atoms with E-state index in [1.165, 1.54) is 5.56 Å². The average Bonchev–Trinajstić information content (AvgIpc) is 2.66. The van der Waals surface area contributed by atoms with E-state index in [2.05, 4.69) is 12.3 Å². The number of thiophene rings is 1. The van der Waals surface area contributed by atoms with Crippen LogP contribution < -0.4 is 0 Å². The Balaban J connectivity index is 2.43. The minimum Gasteiger partial charge on any atom is -0.390 e. The van der Waals surface area contributed by atoms with E-state index in [0.29, 0.717) is 6.42 Å². The van der Waals surface area contributed by atoms with Crippen molar-refractivity contribution < 1.29 is 9.84 Å². The van der Waals surface area contributed by atoms with Gasteiger partial charge in [-0.1, -0.05) is 13.3 Å². The van der Waals surface area contributed by atoms with Crippen LogP contribution in [0.1, 0.15) is 25.3 Å². The highest BCUT2D eigenvalue weighted by molar-refractivity contribution is 7.07. The molecule has 2 nitrogen and oxygen atoms in total. The maximum atomic E-state index is 9.89. The van der Waals surface area contributed by atoms with Gasteiger partial charge in [0, 0.05) is 13.5 Å². The molecule has 2 atom stereocenters. The molecule has 0 saturated heterocycles. The van der Waals surface area contributed by atoms with Crippen LogP contribution in [0.4, 0.5) is 0 Å². The van der Waals surface area contributed by atoms with Gasteiger partial charge >= 0.3 is 0 Å². The third kappa shape index (κ3) is 3.40. The molecule has 14 heavy (non-hydrogen) atoms. The zero-order chi connectivity index (χ0) is 10.4. The molecule has 0 fully saturated rings. The van der Waals surface area contributed by atoms with Gasteiger partial charge in [-0.2, -0.15) is 11.3 Å². The molecule has 0 aliphatic heterocycles. The highest BCUT2D eigenvalue weighted by atomic mass is 32.1. The van der Waals surface area contributed by atoms with Crippen LogP contribution in [0.2, 0.25) is 0 Å². The van der Waals surface area contributed by atoms with Gasteiger partial charge in [0.2, 0.25) is 0 Å². The SMILES string of the molecule is CCCC(OC)C(O)Cc1ccsc1. The van der Waals surface area contributed by atoms with Gasteiger partial charge in [-0.25, -0.2) is 0 Å². The molecule has 0 radical (unpaired) electrons. The molecule has 1 N–H and O–H groups in total. The Morgan fingerprint density at radius 2 is 2.36 bits per heavy atom. The molecule has 1 aromatic heterocycles. The van der Waals surface area contributed by atoms with Crippen molar-refractivity contribution >= 4 is 11.3 Å². The van der Waals surface area contributed by atoms with E-state index in [9.17, 15) is 5.11 Å². The monoisotopic (exact) mass is 214 g/mol. The van der Waals surface area contributed by atoms with Gasteiger partial charge in [0.1, 0.15) is 0 Å². The van der Waals surface area contributed by atoms with Crippen molar-refractivity contribution in [3.05, 3.63) is 22.4 Å². The quantitative estimate of drug-likeness (QED) is 0.788. The first-order valence-electron chi connectivity index (χ1n) is 4.99. The van der Waals surface area contributed by atoms with Crippen molar-refractivity contribution in [1.29, 1.82) is 0 Å². The fraction of sp³-hybridized carbons (Fsp3) is 0.636. The van der Waals surface area contributed by atoms with Crippen LogP contribution in [-0.4, -0.2) is 24.4 Å². The van der Waals surface area contributed by atoms with Crippen molar-refractivity contribution in [3.63, 3.8) is 0 Å². The van der Waals surface area contributed by atoms with E-state index in [4.69, 9.17) is 4.74 Å². The Morgan fingerprint density at radius 3 is 2.86 bits per heavy atom. The van der Waals surface area contributed by atoms with Gasteiger partial charge in [-0.3, -0.25) is 0 Å². The molecule has 0 bridgehead atoms. The van der Waals surface area contributed by atoms with Crippen LogP contribution in [-0.2, 0) is 11.2 Å². The lowest BCUT2D eigenvalue weighted by atomic mass is 10.0. The van der Waals surface area contributed by atoms with Gasteiger partial charge in [0.05, 0.1) is 12.2 Å². The summed E-state index contributed by atoms with van der Waals surface area (Å²) in [6, 6.07) is 2.05. The third-order valence-electron chi connectivity index (χ3n) is 2.33. The van der Waals surface area contributed by atoms with Crippen molar-refractivity contribution in [2.75, 3.05) is 7.11 Å². The minimum atomic E-state index is -0.380. The van der Waals surface area contributed by atoms with E-state index in [0.717, 1.165) is 12.8 Å². The van der Waals surface area contributed by atoms with Crippen molar-refractivity contribution in [3.8, 4) is 0 Å². The molecule has 1 heterocycles. The normalized spacial score (nSPS) is 15.4. The molecular weight excluding hydrogens is 196 g/mol. The van der Waals surface area contributed by atoms with E-state index < -0.39 is 0 Å². The van der Waals surface area contributed by atoms with E-state index in [1.807, 2.05) is 11.4 Å². The van der Waals surface area contributed by atoms with Gasteiger partial charge < -0.3 is 9.84 Å². The lowest BCUT2D eigenvalue weighted by molar-refractivity contribution is -0.0158. The molecule has 0 aromatic carbocycles. The lowest BCUT2D eigenvalue weighted by Gasteiger charge is -2.20. The van der Waals surface area contributed by atoms with Crippen LogP contribution in [0, 0.1) is 0 Å². The highest BCUT2D eigenvalue weighted by Gasteiger charge is 2.17. The second kappa shape index (κ2) is 6.17. The summed E-state index contributed by atoms with van der Waals surface area (Å²) in [5.74, 6) is 0. The summed E-state index contributed by atoms with van der Waals surface area (Å²) in [5, 5.41) is 14.0. The zero-order valence-corrected chi connectivity index (χ0v) is 9.59. The Bertz CT molecular complexity index is 233. The Hall–Kier alpha value is -0.380. The molecule has 0 saturated carbocycles. The predicted octanol–water partition coefficient (Wildman–Crippen LogP) is 2.47. The van der Waals surface area contributed by atoms with Gasteiger partial charge in [-0.15, -0.1) is 0 Å². The van der Waals surface area contributed by atoms with Gasteiger partial charge in [0.25, 0.3) is 0 Å². The molecule has 0 aliphatic rings. The fourth-order valence-corrected chi connectivity index (χ4v) is 2.22. The Kier molecular flexibility index (Phi) is 5.15. The second-order valence-electron chi connectivity index (χ2n) is 3.47. The topological polar surface area (TPSA) is 29.5 Å². The van der Waals surface area contributed by atoms with E-state index >= 15 is 0 Å². The van der Waals surface area contributed by atoms with Crippen LogP contribution in [0.15, 0.2) is 16.8 Å². The van der Waals surface area contributed by atoms with E-state index in [-0.39, 0.29) is 12.2 Å². The first-order chi connectivity index (χ1) is 6.77. The maximum absolute atomic E-state index is 9.89. The number of methoxy groups -OCH3 is 1. The van der Waals surface area contributed by atoms with Gasteiger partial charge in [0.15, 0.2) is 0 Å². The second-order valence-corrected chi connectivity index (χ2v) is 4.25. The molecule has 0 aliphatic carbocycles. The van der Waals surface area contributed by atoms with Crippen molar-refractivity contribution in [1.82, 2.24) is 0 Å². The van der Waals surface area contributed by atoms with Crippen molar-refractivity contribution in [2.45, 2.75) is 38.4 Å². The van der Waals surface area contributed by atoms with Crippen LogP contribution in [0.3, 0.4) is 0 Å².